The first-order valence-corrected chi connectivity index (χ1v) is 6.33. The molecule has 0 saturated carbocycles. The summed E-state index contributed by atoms with van der Waals surface area (Å²) in [5, 5.41) is 0. The molecular weight excluding hydrogens is 210 g/mol. The van der Waals surface area contributed by atoms with Crippen molar-refractivity contribution in [2.24, 2.45) is 0 Å². The molecule has 0 spiro atoms. The summed E-state index contributed by atoms with van der Waals surface area (Å²) >= 11 is 0. The van der Waals surface area contributed by atoms with Crippen molar-refractivity contribution in [1.82, 2.24) is 9.80 Å². The second kappa shape index (κ2) is 5.52. The van der Waals surface area contributed by atoms with E-state index in [9.17, 15) is 0 Å². The number of anilines is 1. The van der Waals surface area contributed by atoms with Gasteiger partial charge in [-0.15, -0.1) is 0 Å². The molecule has 1 aliphatic rings. The summed E-state index contributed by atoms with van der Waals surface area (Å²) in [6.07, 6.45) is 0. The van der Waals surface area contributed by atoms with Gasteiger partial charge >= 0.3 is 0 Å². The molecule has 0 amide bonds. The molecule has 1 fully saturated rings. The van der Waals surface area contributed by atoms with E-state index in [1.54, 1.807) is 0 Å². The lowest BCUT2D eigenvalue weighted by Gasteiger charge is -2.35. The smallest absolute Gasteiger partial charge is 0.0412 e. The van der Waals surface area contributed by atoms with Crippen LogP contribution < -0.4 is 4.90 Å². The minimum Gasteiger partial charge on any atom is -0.369 e. The predicted molar refractivity (Wildman–Crippen MR) is 73.5 cm³/mol. The maximum absolute atomic E-state index is 2.51. The van der Waals surface area contributed by atoms with Crippen molar-refractivity contribution in [2.45, 2.75) is 6.54 Å². The van der Waals surface area contributed by atoms with Gasteiger partial charge in [-0.2, -0.15) is 0 Å². The summed E-state index contributed by atoms with van der Waals surface area (Å²) in [6, 6.07) is 8.78. The van der Waals surface area contributed by atoms with Crippen LogP contribution in [0.4, 0.5) is 5.69 Å². The van der Waals surface area contributed by atoms with Gasteiger partial charge in [0.05, 0.1) is 0 Å². The molecule has 1 saturated heterocycles. The Morgan fingerprint density at radius 2 is 1.71 bits per heavy atom. The lowest BCUT2D eigenvalue weighted by molar-refractivity contribution is 0.312. The molecule has 1 heterocycles. The van der Waals surface area contributed by atoms with Crippen LogP contribution in [0.1, 0.15) is 5.56 Å². The third-order valence-corrected chi connectivity index (χ3v) is 3.32. The van der Waals surface area contributed by atoms with E-state index < -0.39 is 0 Å². The van der Waals surface area contributed by atoms with Crippen LogP contribution in [-0.4, -0.2) is 57.1 Å². The van der Waals surface area contributed by atoms with Crippen molar-refractivity contribution in [2.75, 3.05) is 52.2 Å². The fourth-order valence-electron chi connectivity index (χ4n) is 2.34. The normalized spacial score (nSPS) is 17.8. The van der Waals surface area contributed by atoms with Crippen molar-refractivity contribution < 1.29 is 0 Å². The summed E-state index contributed by atoms with van der Waals surface area (Å²) < 4.78 is 0. The lowest BCUT2D eigenvalue weighted by Crippen LogP contribution is -2.44. The van der Waals surface area contributed by atoms with Crippen LogP contribution in [0, 0.1) is 0 Å². The summed E-state index contributed by atoms with van der Waals surface area (Å²) in [4.78, 5) is 7.14. The zero-order valence-corrected chi connectivity index (χ0v) is 11.2. The maximum atomic E-state index is 2.51. The predicted octanol–water partition coefficient (Wildman–Crippen LogP) is 1.50. The van der Waals surface area contributed by atoms with E-state index in [4.69, 9.17) is 0 Å². The number of benzene rings is 1. The molecular formula is C14H23N3. The van der Waals surface area contributed by atoms with Crippen LogP contribution in [0.15, 0.2) is 24.3 Å². The van der Waals surface area contributed by atoms with E-state index in [1.807, 2.05) is 0 Å². The summed E-state index contributed by atoms with van der Waals surface area (Å²) in [6.45, 7) is 5.62. The first-order valence-electron chi connectivity index (χ1n) is 6.33. The Bertz CT molecular complexity index is 354. The molecule has 17 heavy (non-hydrogen) atoms. The molecule has 0 bridgehead atoms. The molecule has 1 aromatic rings. The van der Waals surface area contributed by atoms with Gasteiger partial charge in [-0.25, -0.2) is 0 Å². The minimum absolute atomic E-state index is 1.02. The van der Waals surface area contributed by atoms with Gasteiger partial charge in [0.15, 0.2) is 0 Å². The average Bonchev–Trinajstić information content (AvgIpc) is 2.30. The Labute approximate surface area is 105 Å². The molecule has 1 aromatic carbocycles. The molecule has 0 unspecified atom stereocenters. The standard InChI is InChI=1S/C14H23N3/c1-15(2)12-13-6-4-5-7-14(13)17-10-8-16(3)9-11-17/h4-7H,8-12H2,1-3H3. The van der Waals surface area contributed by atoms with E-state index in [0.717, 1.165) is 32.7 Å². The van der Waals surface area contributed by atoms with Crippen molar-refractivity contribution >= 4 is 5.69 Å². The van der Waals surface area contributed by atoms with Crippen LogP contribution in [0.2, 0.25) is 0 Å². The number of rotatable bonds is 3. The Balaban J connectivity index is 2.14. The van der Waals surface area contributed by atoms with Crippen molar-refractivity contribution in [3.05, 3.63) is 29.8 Å². The Kier molecular flexibility index (Phi) is 4.02. The quantitative estimate of drug-likeness (QED) is 0.783. The zero-order valence-electron chi connectivity index (χ0n) is 11.2. The highest BCUT2D eigenvalue weighted by molar-refractivity contribution is 5.54. The number of piperazine rings is 1. The first-order chi connectivity index (χ1) is 8.16. The molecule has 1 aliphatic heterocycles. The van der Waals surface area contributed by atoms with E-state index in [1.165, 1.54) is 11.3 Å². The van der Waals surface area contributed by atoms with Gasteiger partial charge in [-0.1, -0.05) is 18.2 Å². The molecule has 0 N–H and O–H groups in total. The summed E-state index contributed by atoms with van der Waals surface area (Å²) in [5.74, 6) is 0. The highest BCUT2D eigenvalue weighted by atomic mass is 15.2. The number of likely N-dealkylation sites (N-methyl/N-ethyl adjacent to an activating group) is 1. The van der Waals surface area contributed by atoms with Crippen LogP contribution in [0.3, 0.4) is 0 Å². The molecule has 0 aliphatic carbocycles. The van der Waals surface area contributed by atoms with Gasteiger partial charge in [-0.05, 0) is 32.8 Å². The third kappa shape index (κ3) is 3.20. The van der Waals surface area contributed by atoms with Gasteiger partial charge in [-0.3, -0.25) is 0 Å². The van der Waals surface area contributed by atoms with Crippen LogP contribution in [-0.2, 0) is 6.54 Å². The van der Waals surface area contributed by atoms with Crippen LogP contribution in [0.5, 0.6) is 0 Å². The van der Waals surface area contributed by atoms with E-state index in [0.29, 0.717) is 0 Å². The third-order valence-electron chi connectivity index (χ3n) is 3.32. The molecule has 3 nitrogen and oxygen atoms in total. The average molecular weight is 233 g/mol. The number of hydrogen-bond acceptors (Lipinski definition) is 3. The van der Waals surface area contributed by atoms with E-state index >= 15 is 0 Å². The van der Waals surface area contributed by atoms with Gasteiger partial charge in [0.25, 0.3) is 0 Å². The number of hydrogen-bond donors (Lipinski definition) is 0. The summed E-state index contributed by atoms with van der Waals surface area (Å²) in [5.41, 5.74) is 2.84. The summed E-state index contributed by atoms with van der Waals surface area (Å²) in [7, 11) is 6.45. The molecule has 3 heteroatoms. The van der Waals surface area contributed by atoms with Gasteiger partial charge in [0.1, 0.15) is 0 Å². The van der Waals surface area contributed by atoms with Gasteiger partial charge < -0.3 is 14.7 Å². The van der Waals surface area contributed by atoms with Gasteiger partial charge in [0.2, 0.25) is 0 Å². The Hall–Kier alpha value is -1.06. The number of nitrogens with zero attached hydrogens (tertiary/aromatic N) is 3. The SMILES string of the molecule is CN(C)Cc1ccccc1N1CCN(C)CC1. The fourth-order valence-corrected chi connectivity index (χ4v) is 2.34. The molecule has 0 aromatic heterocycles. The zero-order chi connectivity index (χ0) is 12.3. The van der Waals surface area contributed by atoms with E-state index in [-0.39, 0.29) is 0 Å². The monoisotopic (exact) mass is 233 g/mol. The molecule has 2 rings (SSSR count). The van der Waals surface area contributed by atoms with Crippen molar-refractivity contribution in [1.29, 1.82) is 0 Å². The lowest BCUT2D eigenvalue weighted by atomic mass is 10.1. The van der Waals surface area contributed by atoms with E-state index in [2.05, 4.69) is 60.1 Å². The van der Waals surface area contributed by atoms with Crippen LogP contribution in [0.25, 0.3) is 0 Å². The first kappa shape index (κ1) is 12.4. The second-order valence-electron chi connectivity index (χ2n) is 5.16. The van der Waals surface area contributed by atoms with Crippen molar-refractivity contribution in [3.63, 3.8) is 0 Å². The highest BCUT2D eigenvalue weighted by Gasteiger charge is 2.16. The minimum atomic E-state index is 1.02. The molecule has 0 atom stereocenters. The number of para-hydroxylation sites is 1. The van der Waals surface area contributed by atoms with Crippen molar-refractivity contribution in [3.8, 4) is 0 Å². The molecule has 94 valence electrons. The fraction of sp³-hybridized carbons (Fsp3) is 0.571. The largest absolute Gasteiger partial charge is 0.369 e. The molecule has 0 radical (unpaired) electrons. The van der Waals surface area contributed by atoms with Crippen LogP contribution >= 0.6 is 0 Å². The highest BCUT2D eigenvalue weighted by Crippen LogP contribution is 2.22. The Morgan fingerprint density at radius 1 is 1.06 bits per heavy atom. The Morgan fingerprint density at radius 3 is 2.35 bits per heavy atom. The second-order valence-corrected chi connectivity index (χ2v) is 5.16. The van der Waals surface area contributed by atoms with Gasteiger partial charge in [0, 0.05) is 38.4 Å². The topological polar surface area (TPSA) is 9.72 Å². The maximum Gasteiger partial charge on any atom is 0.0412 e.